The number of hydrogen-bond donors (Lipinski definition) is 1. The van der Waals surface area contributed by atoms with Gasteiger partial charge in [-0.05, 0) is 50.8 Å². The van der Waals surface area contributed by atoms with E-state index in [-0.39, 0.29) is 24.1 Å². The lowest BCUT2D eigenvalue weighted by molar-refractivity contribution is -0.138. The van der Waals surface area contributed by atoms with Crippen LogP contribution in [0.1, 0.15) is 51.1 Å². The number of carbonyl (C=O) groups excluding carboxylic acids is 1. The van der Waals surface area contributed by atoms with Crippen molar-refractivity contribution in [3.05, 3.63) is 29.8 Å². The van der Waals surface area contributed by atoms with E-state index in [1.54, 1.807) is 0 Å². The summed E-state index contributed by atoms with van der Waals surface area (Å²) in [4.78, 5) is 14.3. The molecule has 4 nitrogen and oxygen atoms in total. The molecule has 1 heterocycles. The third kappa shape index (κ3) is 3.05. The molecule has 1 aromatic carbocycles. The molecule has 3 rings (SSSR count). The molecule has 114 valence electrons. The second kappa shape index (κ2) is 5.68. The molecule has 0 aromatic heterocycles. The van der Waals surface area contributed by atoms with Gasteiger partial charge in [-0.15, -0.1) is 0 Å². The van der Waals surface area contributed by atoms with Gasteiger partial charge in [0.2, 0.25) is 5.91 Å². The quantitative estimate of drug-likeness (QED) is 0.926. The van der Waals surface area contributed by atoms with Crippen LogP contribution in [0.4, 0.5) is 0 Å². The van der Waals surface area contributed by atoms with Crippen molar-refractivity contribution in [2.45, 2.75) is 63.8 Å². The number of piperidine rings is 1. The van der Waals surface area contributed by atoms with E-state index in [9.17, 15) is 4.79 Å². The lowest BCUT2D eigenvalue weighted by Gasteiger charge is -2.40. The van der Waals surface area contributed by atoms with Crippen molar-refractivity contribution in [2.75, 3.05) is 0 Å². The molecule has 0 bridgehead atoms. The molecular weight excluding hydrogens is 264 g/mol. The molecule has 2 aliphatic rings. The number of amides is 1. The monoisotopic (exact) mass is 288 g/mol. The molecule has 0 radical (unpaired) electrons. The Morgan fingerprint density at radius 3 is 2.43 bits per heavy atom. The third-order valence-corrected chi connectivity index (χ3v) is 4.22. The summed E-state index contributed by atoms with van der Waals surface area (Å²) in [5.74, 6) is 1.12. The van der Waals surface area contributed by atoms with Crippen molar-refractivity contribution in [3.8, 4) is 5.75 Å². The summed E-state index contributed by atoms with van der Waals surface area (Å²) >= 11 is 0. The second-order valence-corrected chi connectivity index (χ2v) is 6.42. The summed E-state index contributed by atoms with van der Waals surface area (Å²) < 4.78 is 5.68. The first-order chi connectivity index (χ1) is 10.1. The van der Waals surface area contributed by atoms with Gasteiger partial charge in [0, 0.05) is 18.5 Å². The van der Waals surface area contributed by atoms with Gasteiger partial charge in [0.1, 0.15) is 5.75 Å². The number of carbonyl (C=O) groups is 1. The third-order valence-electron chi connectivity index (χ3n) is 4.22. The van der Waals surface area contributed by atoms with Gasteiger partial charge in [0.15, 0.2) is 0 Å². The fourth-order valence-corrected chi connectivity index (χ4v) is 3.15. The van der Waals surface area contributed by atoms with Crippen LogP contribution >= 0.6 is 0 Å². The van der Waals surface area contributed by atoms with E-state index in [1.807, 2.05) is 30.9 Å². The van der Waals surface area contributed by atoms with E-state index in [0.717, 1.165) is 30.6 Å². The minimum absolute atomic E-state index is 0.0202. The lowest BCUT2D eigenvalue weighted by Crippen LogP contribution is -2.49. The summed E-state index contributed by atoms with van der Waals surface area (Å²) in [7, 11) is 0. The van der Waals surface area contributed by atoms with Gasteiger partial charge >= 0.3 is 0 Å². The number of nitrogens with two attached hydrogens (primary N) is 1. The fourth-order valence-electron chi connectivity index (χ4n) is 3.15. The number of likely N-dealkylation sites (tertiary alicyclic amines) is 1. The lowest BCUT2D eigenvalue weighted by atomic mass is 9.90. The van der Waals surface area contributed by atoms with E-state index in [2.05, 4.69) is 12.1 Å². The Bertz CT molecular complexity index is 508. The molecule has 4 heteroatoms. The van der Waals surface area contributed by atoms with Crippen molar-refractivity contribution in [3.63, 3.8) is 0 Å². The first kappa shape index (κ1) is 14.4. The van der Waals surface area contributed by atoms with E-state index < -0.39 is 0 Å². The van der Waals surface area contributed by atoms with Crippen LogP contribution in [0.15, 0.2) is 24.3 Å². The van der Waals surface area contributed by atoms with Crippen LogP contribution in [0.5, 0.6) is 5.75 Å². The molecule has 1 amide bonds. The largest absolute Gasteiger partial charge is 0.491 e. The van der Waals surface area contributed by atoms with Gasteiger partial charge in [0.05, 0.1) is 12.1 Å². The summed E-state index contributed by atoms with van der Waals surface area (Å²) in [6.45, 7) is 4.02. The van der Waals surface area contributed by atoms with Crippen LogP contribution in [-0.4, -0.2) is 29.0 Å². The van der Waals surface area contributed by atoms with Crippen LogP contribution in [-0.2, 0) is 4.79 Å². The Labute approximate surface area is 126 Å². The highest BCUT2D eigenvalue weighted by molar-refractivity contribution is 5.78. The smallest absolute Gasteiger partial charge is 0.223 e. The highest BCUT2D eigenvalue weighted by atomic mass is 16.5. The highest BCUT2D eigenvalue weighted by Gasteiger charge is 2.42. The summed E-state index contributed by atoms with van der Waals surface area (Å²) in [5.41, 5.74) is 7.45. The maximum absolute atomic E-state index is 12.3. The zero-order valence-electron chi connectivity index (χ0n) is 12.8. The van der Waals surface area contributed by atoms with Crippen LogP contribution in [0, 0.1) is 0 Å². The second-order valence-electron chi connectivity index (χ2n) is 6.42. The van der Waals surface area contributed by atoms with Crippen LogP contribution < -0.4 is 10.5 Å². The molecule has 0 spiro atoms. The van der Waals surface area contributed by atoms with Gasteiger partial charge in [-0.3, -0.25) is 4.79 Å². The zero-order chi connectivity index (χ0) is 15.0. The molecule has 2 N–H and O–H groups in total. The molecule has 1 saturated heterocycles. The molecule has 1 aliphatic carbocycles. The van der Waals surface area contributed by atoms with Crippen molar-refractivity contribution >= 4 is 5.91 Å². The fraction of sp³-hybridized carbons (Fsp3) is 0.588. The Hall–Kier alpha value is -1.55. The van der Waals surface area contributed by atoms with E-state index in [0.29, 0.717) is 12.5 Å². The number of nitrogens with zero attached hydrogens (tertiary/aromatic N) is 1. The molecule has 2 fully saturated rings. The van der Waals surface area contributed by atoms with Gasteiger partial charge in [-0.2, -0.15) is 0 Å². The predicted molar refractivity (Wildman–Crippen MR) is 82.0 cm³/mol. The van der Waals surface area contributed by atoms with Crippen LogP contribution in [0.3, 0.4) is 0 Å². The average Bonchev–Trinajstić information content (AvgIpc) is 3.26. The Morgan fingerprint density at radius 1 is 1.19 bits per heavy atom. The number of hydrogen-bond acceptors (Lipinski definition) is 3. The minimum Gasteiger partial charge on any atom is -0.491 e. The minimum atomic E-state index is 0.0202. The van der Waals surface area contributed by atoms with Crippen LogP contribution in [0.25, 0.3) is 0 Å². The zero-order valence-corrected chi connectivity index (χ0v) is 12.8. The number of rotatable bonds is 4. The number of benzene rings is 1. The van der Waals surface area contributed by atoms with Gasteiger partial charge in [-0.25, -0.2) is 0 Å². The molecule has 21 heavy (non-hydrogen) atoms. The van der Waals surface area contributed by atoms with Gasteiger partial charge in [-0.1, -0.05) is 12.1 Å². The summed E-state index contributed by atoms with van der Waals surface area (Å²) in [6.07, 6.45) is 3.75. The topological polar surface area (TPSA) is 55.6 Å². The molecule has 1 aromatic rings. The summed E-state index contributed by atoms with van der Waals surface area (Å²) in [6, 6.07) is 8.51. The number of ether oxygens (including phenoxy) is 1. The molecule has 1 saturated carbocycles. The van der Waals surface area contributed by atoms with E-state index >= 15 is 0 Å². The SMILES string of the molecule is CC(C)Oc1ccc(C2C(N)CCC(=O)N2C2CC2)cc1. The predicted octanol–water partition coefficient (Wildman–Crippen LogP) is 2.63. The Kier molecular flexibility index (Phi) is 3.89. The Balaban J connectivity index is 1.83. The van der Waals surface area contributed by atoms with Gasteiger partial charge < -0.3 is 15.4 Å². The van der Waals surface area contributed by atoms with Gasteiger partial charge in [0.25, 0.3) is 0 Å². The average molecular weight is 288 g/mol. The molecule has 2 unspecified atom stereocenters. The standard InChI is InChI=1S/C17H24N2O2/c1-11(2)21-14-7-3-12(4-8-14)17-15(18)9-10-16(20)19(17)13-5-6-13/h3-4,7-8,11,13,15,17H,5-6,9-10,18H2,1-2H3. The normalized spacial score (nSPS) is 26.3. The highest BCUT2D eigenvalue weighted by Crippen LogP contribution is 2.40. The Morgan fingerprint density at radius 2 is 1.86 bits per heavy atom. The molecule has 1 aliphatic heterocycles. The van der Waals surface area contributed by atoms with E-state index in [4.69, 9.17) is 10.5 Å². The summed E-state index contributed by atoms with van der Waals surface area (Å²) in [5, 5.41) is 0. The first-order valence-corrected chi connectivity index (χ1v) is 7.89. The van der Waals surface area contributed by atoms with Crippen molar-refractivity contribution in [1.82, 2.24) is 4.90 Å². The van der Waals surface area contributed by atoms with E-state index in [1.165, 1.54) is 0 Å². The van der Waals surface area contributed by atoms with Crippen LogP contribution in [0.2, 0.25) is 0 Å². The maximum atomic E-state index is 12.3. The van der Waals surface area contributed by atoms with Crippen molar-refractivity contribution < 1.29 is 9.53 Å². The van der Waals surface area contributed by atoms with Crippen molar-refractivity contribution in [2.24, 2.45) is 5.73 Å². The molecular formula is C17H24N2O2. The molecule has 2 atom stereocenters. The maximum Gasteiger partial charge on any atom is 0.223 e. The van der Waals surface area contributed by atoms with Crippen molar-refractivity contribution in [1.29, 1.82) is 0 Å². The first-order valence-electron chi connectivity index (χ1n) is 7.89.